The highest BCUT2D eigenvalue weighted by Crippen LogP contribution is 2.21. The first-order valence-electron chi connectivity index (χ1n) is 7.03. The van der Waals surface area contributed by atoms with Gasteiger partial charge in [-0.2, -0.15) is 0 Å². The number of hydrogen-bond acceptors (Lipinski definition) is 2. The molecule has 0 heterocycles. The Kier molecular flexibility index (Phi) is 5.96. The summed E-state index contributed by atoms with van der Waals surface area (Å²) >= 11 is 0. The van der Waals surface area contributed by atoms with Gasteiger partial charge in [0.05, 0.1) is 6.10 Å². The second kappa shape index (κ2) is 7.00. The molecule has 0 aromatic carbocycles. The van der Waals surface area contributed by atoms with Crippen LogP contribution in [0.4, 0.5) is 0 Å². The fourth-order valence-corrected chi connectivity index (χ4v) is 2.61. The number of amides is 1. The molecular formula is C14H27NO2. The van der Waals surface area contributed by atoms with Crippen molar-refractivity contribution < 1.29 is 9.90 Å². The predicted molar refractivity (Wildman–Crippen MR) is 69.6 cm³/mol. The lowest BCUT2D eigenvalue weighted by Gasteiger charge is -2.29. The Hall–Kier alpha value is -0.570. The summed E-state index contributed by atoms with van der Waals surface area (Å²) in [6.45, 7) is 6.36. The summed E-state index contributed by atoms with van der Waals surface area (Å²) in [5.41, 5.74) is 0. The van der Waals surface area contributed by atoms with Crippen LogP contribution in [-0.2, 0) is 4.79 Å². The molecule has 1 rings (SSSR count). The number of aliphatic hydroxyl groups excluding tert-OH is 1. The molecule has 1 saturated carbocycles. The molecule has 3 nitrogen and oxygen atoms in total. The Balaban J connectivity index is 2.41. The normalized spacial score (nSPS) is 26.9. The molecule has 100 valence electrons. The van der Waals surface area contributed by atoms with Crippen LogP contribution >= 0.6 is 0 Å². The molecule has 17 heavy (non-hydrogen) atoms. The Morgan fingerprint density at radius 3 is 2.35 bits per heavy atom. The summed E-state index contributed by atoms with van der Waals surface area (Å²) in [5.74, 6) is 0.763. The van der Waals surface area contributed by atoms with E-state index in [1.807, 2.05) is 0 Å². The summed E-state index contributed by atoms with van der Waals surface area (Å²) in [5, 5.41) is 12.6. The molecule has 1 amide bonds. The molecule has 2 N–H and O–H groups in total. The molecular weight excluding hydrogens is 214 g/mol. The minimum absolute atomic E-state index is 0.145. The molecule has 0 radical (unpaired) electrons. The smallest absolute Gasteiger partial charge is 0.223 e. The first-order chi connectivity index (χ1) is 8.04. The monoisotopic (exact) mass is 241 g/mol. The predicted octanol–water partition coefficient (Wildman–Crippen LogP) is 2.48. The average molecular weight is 241 g/mol. The second-order valence-electron chi connectivity index (χ2n) is 5.65. The van der Waals surface area contributed by atoms with Crippen molar-refractivity contribution in [1.29, 1.82) is 0 Å². The van der Waals surface area contributed by atoms with Crippen LogP contribution in [0.25, 0.3) is 0 Å². The number of nitrogens with one attached hydrogen (secondary N) is 1. The van der Waals surface area contributed by atoms with Crippen molar-refractivity contribution in [3.63, 3.8) is 0 Å². The van der Waals surface area contributed by atoms with Crippen LogP contribution in [0, 0.1) is 11.8 Å². The molecule has 3 heteroatoms. The van der Waals surface area contributed by atoms with E-state index >= 15 is 0 Å². The Bertz CT molecular complexity index is 232. The van der Waals surface area contributed by atoms with Crippen molar-refractivity contribution >= 4 is 5.91 Å². The third kappa shape index (κ3) is 4.66. The SMILES string of the molecule is CCCC(C(=O)NC1CCC(O)CC1)C(C)C. The molecule has 0 aromatic heterocycles. The van der Waals surface area contributed by atoms with E-state index in [9.17, 15) is 9.90 Å². The van der Waals surface area contributed by atoms with Gasteiger partial charge in [0, 0.05) is 12.0 Å². The third-order valence-corrected chi connectivity index (χ3v) is 3.78. The van der Waals surface area contributed by atoms with Gasteiger partial charge in [-0.25, -0.2) is 0 Å². The number of carbonyl (C=O) groups excluding carboxylic acids is 1. The Morgan fingerprint density at radius 1 is 1.29 bits per heavy atom. The highest BCUT2D eigenvalue weighted by Gasteiger charge is 2.25. The number of rotatable bonds is 5. The Labute approximate surface area is 105 Å². The molecule has 1 aliphatic carbocycles. The van der Waals surface area contributed by atoms with E-state index in [2.05, 4.69) is 26.1 Å². The highest BCUT2D eigenvalue weighted by molar-refractivity contribution is 5.79. The minimum Gasteiger partial charge on any atom is -0.393 e. The molecule has 0 saturated heterocycles. The fraction of sp³-hybridized carbons (Fsp3) is 0.929. The second-order valence-corrected chi connectivity index (χ2v) is 5.65. The van der Waals surface area contributed by atoms with Gasteiger partial charge >= 0.3 is 0 Å². The van der Waals surface area contributed by atoms with Crippen molar-refractivity contribution in [2.75, 3.05) is 0 Å². The molecule has 0 aromatic rings. The molecule has 1 aliphatic rings. The molecule has 0 bridgehead atoms. The number of carbonyl (C=O) groups is 1. The van der Waals surface area contributed by atoms with Crippen LogP contribution in [0.3, 0.4) is 0 Å². The first kappa shape index (κ1) is 14.5. The molecule has 0 aliphatic heterocycles. The van der Waals surface area contributed by atoms with Crippen molar-refractivity contribution in [1.82, 2.24) is 5.32 Å². The van der Waals surface area contributed by atoms with Crippen molar-refractivity contribution in [3.05, 3.63) is 0 Å². The van der Waals surface area contributed by atoms with Crippen LogP contribution in [0.2, 0.25) is 0 Å². The van der Waals surface area contributed by atoms with E-state index in [4.69, 9.17) is 0 Å². The minimum atomic E-state index is -0.153. The first-order valence-corrected chi connectivity index (χ1v) is 7.03. The fourth-order valence-electron chi connectivity index (χ4n) is 2.61. The van der Waals surface area contributed by atoms with Gasteiger partial charge in [-0.05, 0) is 38.0 Å². The van der Waals surface area contributed by atoms with Crippen LogP contribution < -0.4 is 5.32 Å². The maximum atomic E-state index is 12.2. The van der Waals surface area contributed by atoms with Gasteiger partial charge in [0.25, 0.3) is 0 Å². The van der Waals surface area contributed by atoms with Crippen molar-refractivity contribution in [2.45, 2.75) is 71.4 Å². The van der Waals surface area contributed by atoms with E-state index in [0.717, 1.165) is 38.5 Å². The van der Waals surface area contributed by atoms with E-state index in [1.165, 1.54) is 0 Å². The largest absolute Gasteiger partial charge is 0.393 e. The van der Waals surface area contributed by atoms with Gasteiger partial charge < -0.3 is 10.4 Å². The maximum absolute atomic E-state index is 12.2. The maximum Gasteiger partial charge on any atom is 0.223 e. The third-order valence-electron chi connectivity index (χ3n) is 3.78. The van der Waals surface area contributed by atoms with Gasteiger partial charge in [0.1, 0.15) is 0 Å². The topological polar surface area (TPSA) is 49.3 Å². The van der Waals surface area contributed by atoms with Gasteiger partial charge in [-0.15, -0.1) is 0 Å². The van der Waals surface area contributed by atoms with Gasteiger partial charge in [0.15, 0.2) is 0 Å². The van der Waals surface area contributed by atoms with Gasteiger partial charge in [0.2, 0.25) is 5.91 Å². The summed E-state index contributed by atoms with van der Waals surface area (Å²) in [7, 11) is 0. The van der Waals surface area contributed by atoms with E-state index < -0.39 is 0 Å². The standard InChI is InChI=1S/C14H27NO2/c1-4-5-13(10(2)3)14(17)15-11-6-8-12(16)9-7-11/h10-13,16H,4-9H2,1-3H3,(H,15,17). The van der Waals surface area contributed by atoms with Crippen LogP contribution in [-0.4, -0.2) is 23.2 Å². The lowest BCUT2D eigenvalue weighted by molar-refractivity contribution is -0.127. The zero-order valence-corrected chi connectivity index (χ0v) is 11.4. The Morgan fingerprint density at radius 2 is 1.88 bits per heavy atom. The number of aliphatic hydroxyl groups is 1. The molecule has 1 fully saturated rings. The van der Waals surface area contributed by atoms with Gasteiger partial charge in [-0.3, -0.25) is 4.79 Å². The highest BCUT2D eigenvalue weighted by atomic mass is 16.3. The lowest BCUT2D eigenvalue weighted by atomic mass is 9.88. The lowest BCUT2D eigenvalue weighted by Crippen LogP contribution is -2.42. The molecule has 1 unspecified atom stereocenters. The molecule has 1 atom stereocenters. The quantitative estimate of drug-likeness (QED) is 0.777. The summed E-state index contributed by atoms with van der Waals surface area (Å²) in [6.07, 6.45) is 5.36. The zero-order valence-electron chi connectivity index (χ0n) is 11.4. The van der Waals surface area contributed by atoms with E-state index in [1.54, 1.807) is 0 Å². The van der Waals surface area contributed by atoms with Crippen LogP contribution in [0.5, 0.6) is 0 Å². The van der Waals surface area contributed by atoms with Crippen molar-refractivity contribution in [2.24, 2.45) is 11.8 Å². The van der Waals surface area contributed by atoms with E-state index in [0.29, 0.717) is 5.92 Å². The zero-order chi connectivity index (χ0) is 12.8. The van der Waals surface area contributed by atoms with E-state index in [-0.39, 0.29) is 24.0 Å². The summed E-state index contributed by atoms with van der Waals surface area (Å²) in [6, 6.07) is 0.281. The number of hydrogen-bond donors (Lipinski definition) is 2. The molecule has 0 spiro atoms. The summed E-state index contributed by atoms with van der Waals surface area (Å²) in [4.78, 5) is 12.2. The van der Waals surface area contributed by atoms with Crippen LogP contribution in [0.1, 0.15) is 59.3 Å². The van der Waals surface area contributed by atoms with Gasteiger partial charge in [-0.1, -0.05) is 27.2 Å². The van der Waals surface area contributed by atoms with Crippen molar-refractivity contribution in [3.8, 4) is 0 Å². The average Bonchev–Trinajstić information content (AvgIpc) is 2.28. The summed E-state index contributed by atoms with van der Waals surface area (Å²) < 4.78 is 0. The van der Waals surface area contributed by atoms with Crippen LogP contribution in [0.15, 0.2) is 0 Å².